The van der Waals surface area contributed by atoms with E-state index < -0.39 is 0 Å². The van der Waals surface area contributed by atoms with E-state index in [0.29, 0.717) is 30.2 Å². The fraction of sp³-hybridized carbons (Fsp3) is 0.344. The Morgan fingerprint density at radius 3 is 2.35 bits per heavy atom. The number of rotatable bonds is 8. The van der Waals surface area contributed by atoms with Crippen LogP contribution in [0.25, 0.3) is 16.5 Å². The highest BCUT2D eigenvalue weighted by Gasteiger charge is 2.23. The van der Waals surface area contributed by atoms with E-state index in [1.165, 1.54) is 0 Å². The molecule has 8 heteroatoms. The number of carbonyl (C=O) groups is 2. The average molecular weight is 541 g/mol. The van der Waals surface area contributed by atoms with Gasteiger partial charge in [-0.2, -0.15) is 5.10 Å². The lowest BCUT2D eigenvalue weighted by molar-refractivity contribution is 0.0753. The molecule has 0 bridgehead atoms. The van der Waals surface area contributed by atoms with E-state index in [1.54, 1.807) is 4.68 Å². The minimum absolute atomic E-state index is 0.0184. The Morgan fingerprint density at radius 1 is 0.925 bits per heavy atom. The number of nitrogens with one attached hydrogen (secondary N) is 2. The molecule has 3 amide bonds. The van der Waals surface area contributed by atoms with E-state index in [0.717, 1.165) is 34.3 Å². The van der Waals surface area contributed by atoms with E-state index >= 15 is 0 Å². The smallest absolute Gasteiger partial charge is 0.324 e. The van der Waals surface area contributed by atoms with Crippen molar-refractivity contribution in [3.63, 3.8) is 0 Å². The molecule has 0 spiro atoms. The SMILES string of the molecule is CCN(CCN(C)C)C(=O)c1cc(-n2nc(C(C)(C)C)cc2NC(=O)Nc2cccc3ccccc23)ccc1C. The molecule has 0 unspecified atom stereocenters. The molecule has 4 aromatic rings. The maximum Gasteiger partial charge on any atom is 0.324 e. The first-order valence-corrected chi connectivity index (χ1v) is 13.7. The zero-order valence-corrected chi connectivity index (χ0v) is 24.6. The molecule has 0 fully saturated rings. The van der Waals surface area contributed by atoms with E-state index in [1.807, 2.05) is 99.6 Å². The highest BCUT2D eigenvalue weighted by molar-refractivity contribution is 6.06. The van der Waals surface area contributed by atoms with Crippen LogP contribution < -0.4 is 10.6 Å². The van der Waals surface area contributed by atoms with Gasteiger partial charge in [0.2, 0.25) is 0 Å². The summed E-state index contributed by atoms with van der Waals surface area (Å²) in [4.78, 5) is 30.7. The lowest BCUT2D eigenvalue weighted by Crippen LogP contribution is -2.36. The molecule has 3 aromatic carbocycles. The van der Waals surface area contributed by atoms with Crippen molar-refractivity contribution in [2.75, 3.05) is 44.4 Å². The molecule has 0 atom stereocenters. The van der Waals surface area contributed by atoms with Crippen molar-refractivity contribution < 1.29 is 9.59 Å². The van der Waals surface area contributed by atoms with Gasteiger partial charge in [0.05, 0.1) is 17.1 Å². The minimum Gasteiger partial charge on any atom is -0.338 e. The van der Waals surface area contributed by atoms with Gasteiger partial charge in [0.15, 0.2) is 0 Å². The number of amides is 3. The second-order valence-electron chi connectivity index (χ2n) is 11.4. The van der Waals surface area contributed by atoms with Crippen LogP contribution in [0.4, 0.5) is 16.3 Å². The molecule has 40 heavy (non-hydrogen) atoms. The number of likely N-dealkylation sites (N-methyl/N-ethyl adjacent to an activating group) is 2. The van der Waals surface area contributed by atoms with Crippen LogP contribution in [0, 0.1) is 6.92 Å². The molecule has 0 aliphatic carbocycles. The van der Waals surface area contributed by atoms with Crippen LogP contribution in [-0.4, -0.2) is 65.2 Å². The van der Waals surface area contributed by atoms with Crippen LogP contribution in [0.2, 0.25) is 0 Å². The average Bonchev–Trinajstić information content (AvgIpc) is 3.33. The predicted molar refractivity (Wildman–Crippen MR) is 164 cm³/mol. The number of hydrogen-bond acceptors (Lipinski definition) is 4. The summed E-state index contributed by atoms with van der Waals surface area (Å²) < 4.78 is 1.70. The summed E-state index contributed by atoms with van der Waals surface area (Å²) in [6, 6.07) is 21.0. The van der Waals surface area contributed by atoms with E-state index in [9.17, 15) is 9.59 Å². The number of carbonyl (C=O) groups excluding carboxylic acids is 2. The Kier molecular flexibility index (Phi) is 8.59. The largest absolute Gasteiger partial charge is 0.338 e. The van der Waals surface area contributed by atoms with Gasteiger partial charge in [-0.25, -0.2) is 9.48 Å². The minimum atomic E-state index is -0.373. The first-order valence-electron chi connectivity index (χ1n) is 13.7. The molecule has 8 nitrogen and oxygen atoms in total. The second-order valence-corrected chi connectivity index (χ2v) is 11.4. The number of hydrogen-bond donors (Lipinski definition) is 2. The monoisotopic (exact) mass is 540 g/mol. The quantitative estimate of drug-likeness (QED) is 0.275. The van der Waals surface area contributed by atoms with Crippen LogP contribution in [0.1, 0.15) is 49.3 Å². The number of anilines is 2. The topological polar surface area (TPSA) is 82.5 Å². The van der Waals surface area contributed by atoms with E-state index in [4.69, 9.17) is 5.10 Å². The number of aromatic nitrogens is 2. The zero-order valence-electron chi connectivity index (χ0n) is 24.6. The third kappa shape index (κ3) is 6.51. The second kappa shape index (κ2) is 11.9. The summed E-state index contributed by atoms with van der Waals surface area (Å²) in [5.41, 5.74) is 3.51. The van der Waals surface area contributed by atoms with Crippen molar-refractivity contribution >= 4 is 34.2 Å². The third-order valence-electron chi connectivity index (χ3n) is 6.94. The van der Waals surface area contributed by atoms with E-state index in [2.05, 4.69) is 36.3 Å². The van der Waals surface area contributed by atoms with Gasteiger partial charge < -0.3 is 15.1 Å². The Morgan fingerprint density at radius 2 is 1.65 bits per heavy atom. The highest BCUT2D eigenvalue weighted by atomic mass is 16.2. The molecule has 1 heterocycles. The normalized spacial score (nSPS) is 11.6. The van der Waals surface area contributed by atoms with Gasteiger partial charge in [-0.1, -0.05) is 63.2 Å². The molecular formula is C32H40N6O2. The molecule has 0 radical (unpaired) electrons. The Labute approximate surface area is 237 Å². The van der Waals surface area contributed by atoms with Crippen LogP contribution in [0.15, 0.2) is 66.7 Å². The van der Waals surface area contributed by atoms with Gasteiger partial charge in [-0.15, -0.1) is 0 Å². The standard InChI is InChI=1S/C32H40N6O2/c1-8-37(19-18-36(6)7)30(39)26-20-24(17-16-22(26)2)38-29(21-28(35-38)32(3,4)5)34-31(40)33-27-15-11-13-23-12-9-10-14-25(23)27/h9-17,20-21H,8,18-19H2,1-7H3,(H2,33,34,40). The zero-order chi connectivity index (χ0) is 29.0. The van der Waals surface area contributed by atoms with Crippen molar-refractivity contribution in [1.82, 2.24) is 19.6 Å². The Balaban J connectivity index is 1.67. The number of aryl methyl sites for hydroxylation is 1. The first-order chi connectivity index (χ1) is 19.0. The van der Waals surface area contributed by atoms with Gasteiger partial charge in [-0.3, -0.25) is 10.1 Å². The number of urea groups is 1. The maximum absolute atomic E-state index is 13.5. The van der Waals surface area contributed by atoms with Crippen LogP contribution in [0.3, 0.4) is 0 Å². The summed E-state index contributed by atoms with van der Waals surface area (Å²) in [7, 11) is 4.00. The number of fused-ring (bicyclic) bond motifs is 1. The molecule has 0 saturated heterocycles. The molecule has 210 valence electrons. The third-order valence-corrected chi connectivity index (χ3v) is 6.94. The lowest BCUT2D eigenvalue weighted by atomic mass is 9.92. The molecule has 0 saturated carbocycles. The summed E-state index contributed by atoms with van der Waals surface area (Å²) in [6.07, 6.45) is 0. The molecule has 1 aromatic heterocycles. The molecule has 0 aliphatic heterocycles. The fourth-order valence-corrected chi connectivity index (χ4v) is 4.50. The fourth-order valence-electron chi connectivity index (χ4n) is 4.50. The first kappa shape index (κ1) is 28.8. The van der Waals surface area contributed by atoms with Crippen molar-refractivity contribution in [1.29, 1.82) is 0 Å². The Bertz CT molecular complexity index is 1510. The van der Waals surface area contributed by atoms with Crippen LogP contribution in [0.5, 0.6) is 0 Å². The van der Waals surface area contributed by atoms with Crippen LogP contribution >= 0.6 is 0 Å². The van der Waals surface area contributed by atoms with Gasteiger partial charge >= 0.3 is 6.03 Å². The number of nitrogens with zero attached hydrogens (tertiary/aromatic N) is 4. The summed E-state index contributed by atoms with van der Waals surface area (Å²) in [5, 5.41) is 12.8. The molecule has 2 N–H and O–H groups in total. The van der Waals surface area contributed by atoms with Crippen molar-refractivity contribution in [2.24, 2.45) is 0 Å². The maximum atomic E-state index is 13.5. The Hall–Kier alpha value is -4.17. The summed E-state index contributed by atoms with van der Waals surface area (Å²) in [6.45, 7) is 12.2. The van der Waals surface area contributed by atoms with Gasteiger partial charge in [0.1, 0.15) is 5.82 Å². The summed E-state index contributed by atoms with van der Waals surface area (Å²) >= 11 is 0. The summed E-state index contributed by atoms with van der Waals surface area (Å²) in [5.74, 6) is 0.500. The molecule has 0 aliphatic rings. The van der Waals surface area contributed by atoms with Crippen molar-refractivity contribution in [3.05, 3.63) is 83.6 Å². The van der Waals surface area contributed by atoms with Crippen molar-refractivity contribution in [3.8, 4) is 5.69 Å². The molecular weight excluding hydrogens is 500 g/mol. The van der Waals surface area contributed by atoms with E-state index in [-0.39, 0.29) is 17.4 Å². The van der Waals surface area contributed by atoms with Gasteiger partial charge in [0, 0.05) is 42.1 Å². The highest BCUT2D eigenvalue weighted by Crippen LogP contribution is 2.28. The lowest BCUT2D eigenvalue weighted by Gasteiger charge is -2.24. The number of benzene rings is 3. The van der Waals surface area contributed by atoms with Crippen molar-refractivity contribution in [2.45, 2.75) is 40.0 Å². The van der Waals surface area contributed by atoms with Gasteiger partial charge in [-0.05, 0) is 57.1 Å². The predicted octanol–water partition coefficient (Wildman–Crippen LogP) is 6.30. The van der Waals surface area contributed by atoms with Crippen LogP contribution in [-0.2, 0) is 5.41 Å². The van der Waals surface area contributed by atoms with Gasteiger partial charge in [0.25, 0.3) is 5.91 Å². The molecule has 4 rings (SSSR count).